The largest absolute Gasteiger partial charge is 0.326 e. The molecule has 2 aromatic carbocycles. The molecule has 0 fully saturated rings. The van der Waals surface area contributed by atoms with Crippen LogP contribution in [0.25, 0.3) is 0 Å². The number of halogens is 1. The fourth-order valence-corrected chi connectivity index (χ4v) is 3.72. The maximum Gasteiger partial charge on any atom is 0.241 e. The van der Waals surface area contributed by atoms with Crippen LogP contribution in [0.5, 0.6) is 0 Å². The van der Waals surface area contributed by atoms with Crippen molar-refractivity contribution in [3.8, 4) is 0 Å². The molecule has 7 heteroatoms. The number of rotatable bonds is 5. The molecule has 25 heavy (non-hydrogen) atoms. The number of sulfonamides is 1. The monoisotopic (exact) mass is 380 g/mol. The topological polar surface area (TPSA) is 75.3 Å². The van der Waals surface area contributed by atoms with E-state index in [2.05, 4.69) is 10.0 Å². The third kappa shape index (κ3) is 6.16. The van der Waals surface area contributed by atoms with Gasteiger partial charge in [0.1, 0.15) is 0 Å². The van der Waals surface area contributed by atoms with E-state index < -0.39 is 15.6 Å². The second kappa shape index (κ2) is 7.56. The first-order chi connectivity index (χ1) is 11.5. The van der Waals surface area contributed by atoms with Gasteiger partial charge >= 0.3 is 0 Å². The average Bonchev–Trinajstić information content (AvgIpc) is 2.48. The lowest BCUT2D eigenvalue weighted by molar-refractivity contribution is -0.115. The molecular formula is C18H21ClN2O3S. The molecular weight excluding hydrogens is 360 g/mol. The van der Waals surface area contributed by atoms with E-state index in [1.54, 1.807) is 57.2 Å². The lowest BCUT2D eigenvalue weighted by Crippen LogP contribution is -2.40. The van der Waals surface area contributed by atoms with Crippen LogP contribution in [0.1, 0.15) is 26.3 Å². The molecule has 134 valence electrons. The van der Waals surface area contributed by atoms with Crippen molar-refractivity contribution in [2.75, 3.05) is 5.32 Å². The van der Waals surface area contributed by atoms with Crippen LogP contribution in [0.4, 0.5) is 5.69 Å². The van der Waals surface area contributed by atoms with Crippen molar-refractivity contribution in [1.82, 2.24) is 4.72 Å². The molecule has 0 saturated carbocycles. The van der Waals surface area contributed by atoms with Crippen molar-refractivity contribution >= 4 is 33.2 Å². The van der Waals surface area contributed by atoms with E-state index in [1.807, 2.05) is 0 Å². The highest BCUT2D eigenvalue weighted by Gasteiger charge is 2.21. The lowest BCUT2D eigenvalue weighted by Gasteiger charge is -2.20. The summed E-state index contributed by atoms with van der Waals surface area (Å²) >= 11 is 5.81. The van der Waals surface area contributed by atoms with Crippen molar-refractivity contribution in [3.05, 3.63) is 59.1 Å². The van der Waals surface area contributed by atoms with Gasteiger partial charge in [-0.05, 0) is 62.7 Å². The van der Waals surface area contributed by atoms with Gasteiger partial charge < -0.3 is 5.32 Å². The van der Waals surface area contributed by atoms with Gasteiger partial charge in [-0.15, -0.1) is 0 Å². The number of hydrogen-bond acceptors (Lipinski definition) is 3. The molecule has 2 rings (SSSR count). The fourth-order valence-electron chi connectivity index (χ4n) is 2.17. The first-order valence-electron chi connectivity index (χ1n) is 7.73. The summed E-state index contributed by atoms with van der Waals surface area (Å²) in [4.78, 5) is 12.2. The summed E-state index contributed by atoms with van der Waals surface area (Å²) in [5.74, 6) is -0.189. The highest BCUT2D eigenvalue weighted by atomic mass is 35.5. The molecule has 0 radical (unpaired) electrons. The van der Waals surface area contributed by atoms with Crippen LogP contribution in [0, 0.1) is 0 Å². The number of carbonyl (C=O) groups is 1. The Morgan fingerprint density at radius 2 is 1.56 bits per heavy atom. The van der Waals surface area contributed by atoms with Gasteiger partial charge in [0.25, 0.3) is 0 Å². The maximum absolute atomic E-state index is 12.2. The Morgan fingerprint density at radius 3 is 2.08 bits per heavy atom. The SMILES string of the molecule is CC(C)(C)NS(=O)(=O)c1ccc(NC(=O)Cc2ccc(Cl)cc2)cc1. The summed E-state index contributed by atoms with van der Waals surface area (Å²) in [5.41, 5.74) is 0.814. The first kappa shape index (κ1) is 19.4. The van der Waals surface area contributed by atoms with E-state index in [1.165, 1.54) is 12.1 Å². The van der Waals surface area contributed by atoms with Crippen LogP contribution in [0.15, 0.2) is 53.4 Å². The van der Waals surface area contributed by atoms with Gasteiger partial charge in [-0.1, -0.05) is 23.7 Å². The predicted molar refractivity (Wildman–Crippen MR) is 100 cm³/mol. The Hall–Kier alpha value is -1.89. The van der Waals surface area contributed by atoms with Crippen molar-refractivity contribution in [3.63, 3.8) is 0 Å². The average molecular weight is 381 g/mol. The van der Waals surface area contributed by atoms with E-state index in [9.17, 15) is 13.2 Å². The van der Waals surface area contributed by atoms with Gasteiger partial charge in [0.15, 0.2) is 0 Å². The number of hydrogen-bond donors (Lipinski definition) is 2. The van der Waals surface area contributed by atoms with Crippen LogP contribution in [0.2, 0.25) is 5.02 Å². The number of amides is 1. The Bertz CT molecular complexity index is 839. The molecule has 0 heterocycles. The zero-order chi connectivity index (χ0) is 18.7. The van der Waals surface area contributed by atoms with E-state index in [0.717, 1.165) is 5.56 Å². The summed E-state index contributed by atoms with van der Waals surface area (Å²) in [7, 11) is -3.59. The third-order valence-corrected chi connectivity index (χ3v) is 5.19. The summed E-state index contributed by atoms with van der Waals surface area (Å²) < 4.78 is 27.1. The molecule has 2 N–H and O–H groups in total. The van der Waals surface area contributed by atoms with Crippen LogP contribution in [-0.2, 0) is 21.2 Å². The van der Waals surface area contributed by atoms with E-state index >= 15 is 0 Å². The maximum atomic E-state index is 12.2. The highest BCUT2D eigenvalue weighted by Crippen LogP contribution is 2.17. The van der Waals surface area contributed by atoms with E-state index in [4.69, 9.17) is 11.6 Å². The summed E-state index contributed by atoms with van der Waals surface area (Å²) in [6.45, 7) is 5.32. The van der Waals surface area contributed by atoms with Crippen molar-refractivity contribution in [2.24, 2.45) is 0 Å². The molecule has 0 unspecified atom stereocenters. The lowest BCUT2D eigenvalue weighted by atomic mass is 10.1. The highest BCUT2D eigenvalue weighted by molar-refractivity contribution is 7.89. The molecule has 1 amide bonds. The van der Waals surface area contributed by atoms with Gasteiger partial charge in [0.05, 0.1) is 11.3 Å². The molecule has 0 bridgehead atoms. The quantitative estimate of drug-likeness (QED) is 0.832. The number of anilines is 1. The zero-order valence-corrected chi connectivity index (χ0v) is 15.9. The minimum absolute atomic E-state index is 0.151. The van der Waals surface area contributed by atoms with E-state index in [-0.39, 0.29) is 17.2 Å². The number of benzene rings is 2. The summed E-state index contributed by atoms with van der Waals surface area (Å²) in [6.07, 6.45) is 0.211. The molecule has 0 atom stereocenters. The summed E-state index contributed by atoms with van der Waals surface area (Å²) in [6, 6.07) is 13.1. The summed E-state index contributed by atoms with van der Waals surface area (Å²) in [5, 5.41) is 3.36. The molecule has 5 nitrogen and oxygen atoms in total. The third-order valence-electron chi connectivity index (χ3n) is 3.17. The van der Waals surface area contributed by atoms with Gasteiger partial charge in [-0.25, -0.2) is 13.1 Å². The number of carbonyl (C=O) groups excluding carboxylic acids is 1. The van der Waals surface area contributed by atoms with Gasteiger partial charge in [-0.2, -0.15) is 0 Å². The minimum atomic E-state index is -3.59. The second-order valence-corrected chi connectivity index (χ2v) is 8.85. The van der Waals surface area contributed by atoms with Crippen LogP contribution in [-0.4, -0.2) is 19.9 Å². The molecule has 0 aliphatic carbocycles. The Balaban J connectivity index is 2.02. The first-order valence-corrected chi connectivity index (χ1v) is 9.60. The normalized spacial score (nSPS) is 12.0. The van der Waals surface area contributed by atoms with E-state index in [0.29, 0.717) is 10.7 Å². The number of nitrogens with one attached hydrogen (secondary N) is 2. The van der Waals surface area contributed by atoms with Crippen molar-refractivity contribution in [2.45, 2.75) is 37.6 Å². The zero-order valence-electron chi connectivity index (χ0n) is 14.3. The molecule has 0 aliphatic heterocycles. The predicted octanol–water partition coefficient (Wildman–Crippen LogP) is 3.60. The molecule has 0 aromatic heterocycles. The fraction of sp³-hybridized carbons (Fsp3) is 0.278. The Kier molecular flexibility index (Phi) is 5.87. The molecule has 2 aromatic rings. The minimum Gasteiger partial charge on any atom is -0.326 e. The van der Waals surface area contributed by atoms with Crippen LogP contribution >= 0.6 is 11.6 Å². The molecule has 0 saturated heterocycles. The Labute approximate surface area is 153 Å². The van der Waals surface area contributed by atoms with Gasteiger partial charge in [-0.3, -0.25) is 4.79 Å². The van der Waals surface area contributed by atoms with Crippen LogP contribution < -0.4 is 10.0 Å². The molecule has 0 spiro atoms. The van der Waals surface area contributed by atoms with Crippen molar-refractivity contribution in [1.29, 1.82) is 0 Å². The van der Waals surface area contributed by atoms with Gasteiger partial charge in [0, 0.05) is 16.2 Å². The Morgan fingerprint density at radius 1 is 1.00 bits per heavy atom. The standard InChI is InChI=1S/C18H21ClN2O3S/c1-18(2,3)21-25(23,24)16-10-8-15(9-11-16)20-17(22)12-13-4-6-14(19)7-5-13/h4-11,21H,12H2,1-3H3,(H,20,22). The smallest absolute Gasteiger partial charge is 0.241 e. The van der Waals surface area contributed by atoms with Gasteiger partial charge in [0.2, 0.25) is 15.9 Å². The van der Waals surface area contributed by atoms with Crippen molar-refractivity contribution < 1.29 is 13.2 Å². The second-order valence-electron chi connectivity index (χ2n) is 6.73. The van der Waals surface area contributed by atoms with Crippen LogP contribution in [0.3, 0.4) is 0 Å². The molecule has 0 aliphatic rings.